The quantitative estimate of drug-likeness (QED) is 0.638. The number of carbonyl (C=O) groups excluding carboxylic acids is 1. The van der Waals surface area contributed by atoms with Crippen LogP contribution in [0.15, 0.2) is 29.4 Å². The van der Waals surface area contributed by atoms with Gasteiger partial charge in [-0.25, -0.2) is 5.43 Å². The molecule has 8 heteroatoms. The standard InChI is InChI=1S/C11H11N5O2S/c1-18-8-4-2-7(3-5-8)6-13-15-11(17)9-10(12)19-16-14-9/h2-6H,12H2,1H3,(H,15,17)/b13-6-. The lowest BCUT2D eigenvalue weighted by Crippen LogP contribution is -2.19. The number of rotatable bonds is 4. The van der Waals surface area contributed by atoms with Gasteiger partial charge in [-0.15, -0.1) is 5.10 Å². The summed E-state index contributed by atoms with van der Waals surface area (Å²) in [5.74, 6) is 0.263. The van der Waals surface area contributed by atoms with Crippen molar-refractivity contribution >= 4 is 28.7 Å². The molecule has 19 heavy (non-hydrogen) atoms. The Labute approximate surface area is 113 Å². The van der Waals surface area contributed by atoms with Crippen LogP contribution in [-0.4, -0.2) is 28.8 Å². The first-order valence-corrected chi connectivity index (χ1v) is 6.03. The molecule has 2 aromatic rings. The van der Waals surface area contributed by atoms with Gasteiger partial charge in [-0.1, -0.05) is 4.49 Å². The second-order valence-corrected chi connectivity index (χ2v) is 4.24. The monoisotopic (exact) mass is 277 g/mol. The minimum atomic E-state index is -0.490. The minimum Gasteiger partial charge on any atom is -0.497 e. The summed E-state index contributed by atoms with van der Waals surface area (Å²) in [7, 11) is 1.59. The predicted octanol–water partition coefficient (Wildman–Crippen LogP) is 0.893. The van der Waals surface area contributed by atoms with E-state index in [0.717, 1.165) is 22.8 Å². The van der Waals surface area contributed by atoms with Gasteiger partial charge in [0.1, 0.15) is 10.8 Å². The molecule has 3 N–H and O–H groups in total. The molecule has 0 unspecified atom stereocenters. The van der Waals surface area contributed by atoms with E-state index in [1.165, 1.54) is 6.21 Å². The molecule has 1 aromatic carbocycles. The molecule has 1 amide bonds. The maximum atomic E-state index is 11.6. The summed E-state index contributed by atoms with van der Waals surface area (Å²) >= 11 is 0.957. The highest BCUT2D eigenvalue weighted by Crippen LogP contribution is 2.12. The van der Waals surface area contributed by atoms with Gasteiger partial charge < -0.3 is 10.5 Å². The number of ether oxygens (including phenoxy) is 1. The lowest BCUT2D eigenvalue weighted by molar-refractivity contribution is 0.0951. The van der Waals surface area contributed by atoms with Crippen molar-refractivity contribution in [3.63, 3.8) is 0 Å². The van der Waals surface area contributed by atoms with Crippen LogP contribution in [0.2, 0.25) is 0 Å². The summed E-state index contributed by atoms with van der Waals surface area (Å²) in [6.07, 6.45) is 1.51. The zero-order valence-corrected chi connectivity index (χ0v) is 10.8. The van der Waals surface area contributed by atoms with Crippen LogP contribution in [0.25, 0.3) is 0 Å². The van der Waals surface area contributed by atoms with Crippen LogP contribution in [-0.2, 0) is 0 Å². The number of nitrogens with one attached hydrogen (secondary N) is 1. The number of anilines is 1. The Hall–Kier alpha value is -2.48. The van der Waals surface area contributed by atoms with E-state index < -0.39 is 5.91 Å². The van der Waals surface area contributed by atoms with Gasteiger partial charge in [0.05, 0.1) is 13.3 Å². The van der Waals surface area contributed by atoms with Crippen LogP contribution < -0.4 is 15.9 Å². The van der Waals surface area contributed by atoms with E-state index in [4.69, 9.17) is 10.5 Å². The lowest BCUT2D eigenvalue weighted by Gasteiger charge is -1.99. The van der Waals surface area contributed by atoms with Crippen molar-refractivity contribution in [2.45, 2.75) is 0 Å². The van der Waals surface area contributed by atoms with E-state index >= 15 is 0 Å². The number of methoxy groups -OCH3 is 1. The van der Waals surface area contributed by atoms with E-state index in [-0.39, 0.29) is 10.7 Å². The number of benzene rings is 1. The minimum absolute atomic E-state index is 0.0804. The average Bonchev–Trinajstić information content (AvgIpc) is 2.86. The average molecular weight is 277 g/mol. The van der Waals surface area contributed by atoms with Crippen molar-refractivity contribution < 1.29 is 9.53 Å². The zero-order valence-electron chi connectivity index (χ0n) is 10.0. The predicted molar refractivity (Wildman–Crippen MR) is 72.4 cm³/mol. The molecule has 1 aromatic heterocycles. The van der Waals surface area contributed by atoms with Gasteiger partial charge >= 0.3 is 0 Å². The fourth-order valence-corrected chi connectivity index (χ4v) is 1.69. The topological polar surface area (TPSA) is 102 Å². The number of nitrogens with two attached hydrogens (primary N) is 1. The van der Waals surface area contributed by atoms with E-state index in [2.05, 4.69) is 20.1 Å². The second kappa shape index (κ2) is 5.91. The Morgan fingerprint density at radius 1 is 1.47 bits per heavy atom. The summed E-state index contributed by atoms with van der Waals surface area (Å²) in [6.45, 7) is 0. The van der Waals surface area contributed by atoms with E-state index in [1.807, 2.05) is 12.1 Å². The molecule has 0 aliphatic rings. The zero-order chi connectivity index (χ0) is 13.7. The summed E-state index contributed by atoms with van der Waals surface area (Å²) in [4.78, 5) is 11.6. The first-order chi connectivity index (χ1) is 9.20. The van der Waals surface area contributed by atoms with Crippen LogP contribution in [0, 0.1) is 0 Å². The van der Waals surface area contributed by atoms with Crippen LogP contribution >= 0.6 is 11.5 Å². The second-order valence-electron chi connectivity index (χ2n) is 3.46. The number of hydrogen-bond donors (Lipinski definition) is 2. The van der Waals surface area contributed by atoms with Crippen molar-refractivity contribution in [1.82, 2.24) is 15.0 Å². The smallest absolute Gasteiger partial charge is 0.295 e. The van der Waals surface area contributed by atoms with Gasteiger partial charge in [0.15, 0.2) is 5.69 Å². The van der Waals surface area contributed by atoms with Crippen molar-refractivity contribution in [3.8, 4) is 5.75 Å². The molecule has 0 aliphatic heterocycles. The number of nitrogens with zero attached hydrogens (tertiary/aromatic N) is 3. The van der Waals surface area contributed by atoms with Crippen molar-refractivity contribution in [2.24, 2.45) is 5.10 Å². The summed E-state index contributed by atoms with van der Waals surface area (Å²) in [5.41, 5.74) is 8.75. The number of hydrazone groups is 1. The highest BCUT2D eigenvalue weighted by molar-refractivity contribution is 7.10. The summed E-state index contributed by atoms with van der Waals surface area (Å²) in [5, 5.41) is 7.68. The molecular weight excluding hydrogens is 266 g/mol. The van der Waals surface area contributed by atoms with Crippen LogP contribution in [0.4, 0.5) is 5.00 Å². The van der Waals surface area contributed by atoms with Gasteiger partial charge in [-0.3, -0.25) is 4.79 Å². The fourth-order valence-electron chi connectivity index (χ4n) is 1.26. The molecule has 98 valence electrons. The van der Waals surface area contributed by atoms with Gasteiger partial charge in [-0.2, -0.15) is 5.10 Å². The number of aromatic nitrogens is 2. The Morgan fingerprint density at radius 2 is 2.21 bits per heavy atom. The molecule has 0 aliphatic carbocycles. The number of carbonyl (C=O) groups is 1. The highest BCUT2D eigenvalue weighted by Gasteiger charge is 2.12. The van der Waals surface area contributed by atoms with Crippen molar-refractivity contribution in [2.75, 3.05) is 12.8 Å². The molecule has 0 saturated heterocycles. The molecule has 2 rings (SSSR count). The highest BCUT2D eigenvalue weighted by atomic mass is 32.1. The van der Waals surface area contributed by atoms with Gasteiger partial charge in [0.25, 0.3) is 5.91 Å². The maximum absolute atomic E-state index is 11.6. The Morgan fingerprint density at radius 3 is 2.79 bits per heavy atom. The van der Waals surface area contributed by atoms with Crippen LogP contribution in [0.3, 0.4) is 0 Å². The van der Waals surface area contributed by atoms with Crippen molar-refractivity contribution in [1.29, 1.82) is 0 Å². The molecular formula is C11H11N5O2S. The van der Waals surface area contributed by atoms with Gasteiger partial charge in [0, 0.05) is 11.5 Å². The summed E-state index contributed by atoms with van der Waals surface area (Å²) < 4.78 is 8.60. The Kier molecular flexibility index (Phi) is 4.04. The first kappa shape index (κ1) is 13.0. The largest absolute Gasteiger partial charge is 0.497 e. The third-order valence-corrected chi connectivity index (χ3v) is 2.78. The number of amides is 1. The maximum Gasteiger partial charge on any atom is 0.295 e. The van der Waals surface area contributed by atoms with E-state index in [1.54, 1.807) is 19.2 Å². The summed E-state index contributed by atoms with van der Waals surface area (Å²) in [6, 6.07) is 7.22. The van der Waals surface area contributed by atoms with Crippen LogP contribution in [0.1, 0.15) is 16.1 Å². The van der Waals surface area contributed by atoms with E-state index in [9.17, 15) is 4.79 Å². The van der Waals surface area contributed by atoms with Gasteiger partial charge in [-0.05, 0) is 29.8 Å². The molecule has 0 atom stereocenters. The number of nitrogen functional groups attached to an aromatic ring is 1. The lowest BCUT2D eigenvalue weighted by atomic mass is 10.2. The third kappa shape index (κ3) is 3.26. The van der Waals surface area contributed by atoms with Crippen LogP contribution in [0.5, 0.6) is 5.75 Å². The molecule has 0 fully saturated rings. The normalized spacial score (nSPS) is 10.6. The van der Waals surface area contributed by atoms with E-state index in [0.29, 0.717) is 0 Å². The molecule has 0 saturated carbocycles. The molecule has 0 radical (unpaired) electrons. The SMILES string of the molecule is COc1ccc(/C=N\NC(=O)c2nnsc2N)cc1. The van der Waals surface area contributed by atoms with Gasteiger partial charge in [0.2, 0.25) is 0 Å². The Bertz CT molecular complexity index is 593. The molecule has 0 bridgehead atoms. The molecule has 0 spiro atoms. The van der Waals surface area contributed by atoms with Crippen molar-refractivity contribution in [3.05, 3.63) is 35.5 Å². The molecule has 7 nitrogen and oxygen atoms in total. The fraction of sp³-hybridized carbons (Fsp3) is 0.0909. The number of hydrogen-bond acceptors (Lipinski definition) is 7. The Balaban J connectivity index is 1.96. The first-order valence-electron chi connectivity index (χ1n) is 5.26. The third-order valence-electron chi connectivity index (χ3n) is 2.22. The molecule has 1 heterocycles.